The van der Waals surface area contributed by atoms with Gasteiger partial charge in [0.15, 0.2) is 0 Å². The molecule has 5 heteroatoms. The molecule has 1 aromatic rings. The lowest BCUT2D eigenvalue weighted by atomic mass is 9.90. The summed E-state index contributed by atoms with van der Waals surface area (Å²) in [6.07, 6.45) is 1.74. The summed E-state index contributed by atoms with van der Waals surface area (Å²) in [7, 11) is 0. The van der Waals surface area contributed by atoms with Crippen LogP contribution in [0.4, 0.5) is 0 Å². The van der Waals surface area contributed by atoms with Gasteiger partial charge in [0, 0.05) is 29.7 Å². The Labute approximate surface area is 140 Å². The van der Waals surface area contributed by atoms with Gasteiger partial charge in [-0.1, -0.05) is 29.8 Å². The van der Waals surface area contributed by atoms with Crippen LogP contribution in [-0.4, -0.2) is 35.7 Å². The molecule has 2 unspecified atom stereocenters. The zero-order chi connectivity index (χ0) is 16.1. The maximum atomic E-state index is 11.3. The van der Waals surface area contributed by atoms with E-state index in [9.17, 15) is 9.90 Å². The van der Waals surface area contributed by atoms with Gasteiger partial charge >= 0.3 is 5.97 Å². The van der Waals surface area contributed by atoms with Gasteiger partial charge in [-0.25, -0.2) is 0 Å². The zero-order valence-corrected chi connectivity index (χ0v) is 14.8. The maximum Gasteiger partial charge on any atom is 0.307 e. The Morgan fingerprint density at radius 1 is 1.45 bits per heavy atom. The molecule has 2 atom stereocenters. The number of carboxylic acids is 1. The van der Waals surface area contributed by atoms with Crippen LogP contribution in [0.15, 0.2) is 22.7 Å². The van der Waals surface area contributed by atoms with Gasteiger partial charge in [0.25, 0.3) is 0 Å². The highest BCUT2D eigenvalue weighted by Gasteiger charge is 2.29. The Kier molecular flexibility index (Phi) is 6.26. The summed E-state index contributed by atoms with van der Waals surface area (Å²) in [4.78, 5) is 13.5. The minimum Gasteiger partial charge on any atom is -0.493 e. The van der Waals surface area contributed by atoms with Gasteiger partial charge in [0.2, 0.25) is 0 Å². The SMILES string of the molecule is CCCOc1ccc(Br)cc1CN1CC(C)CC(C(=O)O)C1. The van der Waals surface area contributed by atoms with Gasteiger partial charge in [-0.3, -0.25) is 9.69 Å². The van der Waals surface area contributed by atoms with Crippen molar-refractivity contribution in [2.24, 2.45) is 11.8 Å². The van der Waals surface area contributed by atoms with Crippen LogP contribution in [0.1, 0.15) is 32.3 Å². The molecule has 2 rings (SSSR count). The fourth-order valence-electron chi connectivity index (χ4n) is 3.04. The lowest BCUT2D eigenvalue weighted by molar-refractivity contribution is -0.144. The number of halogens is 1. The number of ether oxygens (including phenoxy) is 1. The van der Waals surface area contributed by atoms with Crippen molar-refractivity contribution >= 4 is 21.9 Å². The molecule has 1 saturated heterocycles. The highest BCUT2D eigenvalue weighted by Crippen LogP contribution is 2.28. The van der Waals surface area contributed by atoms with Crippen molar-refractivity contribution in [3.8, 4) is 5.75 Å². The van der Waals surface area contributed by atoms with E-state index >= 15 is 0 Å². The molecule has 0 amide bonds. The largest absolute Gasteiger partial charge is 0.493 e. The number of benzene rings is 1. The first-order chi connectivity index (χ1) is 10.5. The normalized spacial score (nSPS) is 22.5. The fraction of sp³-hybridized carbons (Fsp3) is 0.588. The molecule has 1 aliphatic heterocycles. The maximum absolute atomic E-state index is 11.3. The van der Waals surface area contributed by atoms with E-state index in [2.05, 4.69) is 40.7 Å². The number of nitrogens with zero attached hydrogens (tertiary/aromatic N) is 1. The Bertz CT molecular complexity index is 521. The molecule has 1 heterocycles. The minimum atomic E-state index is -0.687. The van der Waals surface area contributed by atoms with Gasteiger partial charge in [0.05, 0.1) is 12.5 Å². The summed E-state index contributed by atoms with van der Waals surface area (Å²) in [5.74, 6) is 0.348. The monoisotopic (exact) mass is 369 g/mol. The van der Waals surface area contributed by atoms with E-state index in [1.807, 2.05) is 12.1 Å². The average molecular weight is 370 g/mol. The molecule has 1 aliphatic rings. The molecule has 22 heavy (non-hydrogen) atoms. The predicted octanol–water partition coefficient (Wildman–Crippen LogP) is 3.78. The molecule has 0 saturated carbocycles. The molecule has 0 radical (unpaired) electrons. The Balaban J connectivity index is 2.11. The van der Waals surface area contributed by atoms with E-state index in [4.69, 9.17) is 4.74 Å². The van der Waals surface area contributed by atoms with E-state index in [1.54, 1.807) is 0 Å². The van der Waals surface area contributed by atoms with Crippen molar-refractivity contribution in [1.29, 1.82) is 0 Å². The lowest BCUT2D eigenvalue weighted by Gasteiger charge is -2.35. The number of rotatable bonds is 6. The van der Waals surface area contributed by atoms with Crippen LogP contribution in [0, 0.1) is 11.8 Å². The van der Waals surface area contributed by atoms with Gasteiger partial charge in [-0.2, -0.15) is 0 Å². The fourth-order valence-corrected chi connectivity index (χ4v) is 3.44. The molecule has 1 aromatic carbocycles. The van der Waals surface area contributed by atoms with Gasteiger partial charge in [-0.15, -0.1) is 0 Å². The molecular formula is C17H24BrNO3. The summed E-state index contributed by atoms with van der Waals surface area (Å²) in [6, 6.07) is 6.03. The van der Waals surface area contributed by atoms with Gasteiger partial charge < -0.3 is 9.84 Å². The quantitative estimate of drug-likeness (QED) is 0.828. The molecule has 0 aliphatic carbocycles. The molecule has 1 fully saturated rings. The van der Waals surface area contributed by atoms with Crippen molar-refractivity contribution in [1.82, 2.24) is 4.90 Å². The highest BCUT2D eigenvalue weighted by molar-refractivity contribution is 9.10. The van der Waals surface area contributed by atoms with Crippen molar-refractivity contribution < 1.29 is 14.6 Å². The number of carbonyl (C=O) groups is 1. The van der Waals surface area contributed by atoms with Crippen LogP contribution in [-0.2, 0) is 11.3 Å². The van der Waals surface area contributed by atoms with E-state index < -0.39 is 5.97 Å². The van der Waals surface area contributed by atoms with E-state index in [1.165, 1.54) is 0 Å². The third-order valence-electron chi connectivity index (χ3n) is 3.96. The third-order valence-corrected chi connectivity index (χ3v) is 4.46. The minimum absolute atomic E-state index is 0.268. The Morgan fingerprint density at radius 2 is 2.23 bits per heavy atom. The summed E-state index contributed by atoms with van der Waals surface area (Å²) in [5, 5.41) is 9.30. The van der Waals surface area contributed by atoms with Crippen LogP contribution in [0.2, 0.25) is 0 Å². The number of hydrogen-bond donors (Lipinski definition) is 1. The molecule has 0 bridgehead atoms. The molecule has 0 aromatic heterocycles. The summed E-state index contributed by atoms with van der Waals surface area (Å²) in [6.45, 7) is 7.18. The smallest absolute Gasteiger partial charge is 0.307 e. The second-order valence-corrected chi connectivity index (χ2v) is 7.09. The second-order valence-electron chi connectivity index (χ2n) is 6.17. The van der Waals surface area contributed by atoms with Gasteiger partial charge in [-0.05, 0) is 37.0 Å². The summed E-state index contributed by atoms with van der Waals surface area (Å²) in [5.41, 5.74) is 1.11. The van der Waals surface area contributed by atoms with Crippen molar-refractivity contribution in [3.05, 3.63) is 28.2 Å². The molecule has 122 valence electrons. The summed E-state index contributed by atoms with van der Waals surface area (Å²) < 4.78 is 6.84. The first kappa shape index (κ1) is 17.3. The molecule has 4 nitrogen and oxygen atoms in total. The Hall–Kier alpha value is -1.07. The average Bonchev–Trinajstić information content (AvgIpc) is 2.46. The number of hydrogen-bond acceptors (Lipinski definition) is 3. The number of carboxylic acid groups (broad SMARTS) is 1. The lowest BCUT2D eigenvalue weighted by Crippen LogP contribution is -2.42. The van der Waals surface area contributed by atoms with Crippen molar-refractivity contribution in [2.45, 2.75) is 33.2 Å². The van der Waals surface area contributed by atoms with E-state index in [0.717, 1.165) is 41.7 Å². The first-order valence-electron chi connectivity index (χ1n) is 7.86. The van der Waals surface area contributed by atoms with E-state index in [-0.39, 0.29) is 5.92 Å². The molecule has 0 spiro atoms. The van der Waals surface area contributed by atoms with Crippen molar-refractivity contribution in [3.63, 3.8) is 0 Å². The second kappa shape index (κ2) is 7.97. The van der Waals surface area contributed by atoms with E-state index in [0.29, 0.717) is 19.1 Å². The predicted molar refractivity (Wildman–Crippen MR) is 90.1 cm³/mol. The first-order valence-corrected chi connectivity index (χ1v) is 8.65. The molecular weight excluding hydrogens is 346 g/mol. The van der Waals surface area contributed by atoms with Crippen molar-refractivity contribution in [2.75, 3.05) is 19.7 Å². The number of aliphatic carboxylic acids is 1. The van der Waals surface area contributed by atoms with Crippen LogP contribution in [0.25, 0.3) is 0 Å². The third kappa shape index (κ3) is 4.71. The number of piperidine rings is 1. The van der Waals surface area contributed by atoms with Crippen LogP contribution in [0.3, 0.4) is 0 Å². The van der Waals surface area contributed by atoms with Crippen LogP contribution < -0.4 is 4.74 Å². The standard InChI is InChI=1S/C17H24BrNO3/c1-3-6-22-16-5-4-15(18)8-13(16)10-19-9-12(2)7-14(11-19)17(20)21/h4-5,8,12,14H,3,6-7,9-11H2,1-2H3,(H,20,21). The van der Waals surface area contributed by atoms with Gasteiger partial charge in [0.1, 0.15) is 5.75 Å². The summed E-state index contributed by atoms with van der Waals surface area (Å²) >= 11 is 3.51. The zero-order valence-electron chi connectivity index (χ0n) is 13.2. The highest BCUT2D eigenvalue weighted by atomic mass is 79.9. The molecule has 1 N–H and O–H groups in total. The Morgan fingerprint density at radius 3 is 2.91 bits per heavy atom. The van der Waals surface area contributed by atoms with Crippen LogP contribution in [0.5, 0.6) is 5.75 Å². The number of likely N-dealkylation sites (tertiary alicyclic amines) is 1. The van der Waals surface area contributed by atoms with Crippen LogP contribution >= 0.6 is 15.9 Å². The topological polar surface area (TPSA) is 49.8 Å².